The van der Waals surface area contributed by atoms with E-state index in [9.17, 15) is 0 Å². The Hall–Kier alpha value is -2.11. The average Bonchev–Trinajstić information content (AvgIpc) is 3.22. The van der Waals surface area contributed by atoms with Crippen LogP contribution in [0.4, 0.5) is 11.4 Å². The molecular formula is C14H18N6. The van der Waals surface area contributed by atoms with Crippen molar-refractivity contribution in [1.82, 2.24) is 20.2 Å². The minimum Gasteiger partial charge on any atom is -0.381 e. The van der Waals surface area contributed by atoms with Crippen LogP contribution in [0.5, 0.6) is 0 Å². The summed E-state index contributed by atoms with van der Waals surface area (Å²) in [5.41, 5.74) is 2.42. The van der Waals surface area contributed by atoms with Gasteiger partial charge in [-0.25, -0.2) is 4.68 Å². The number of aromatic nitrogens is 4. The Balaban J connectivity index is 1.65. The van der Waals surface area contributed by atoms with Gasteiger partial charge in [-0.1, -0.05) is 12.1 Å². The second-order valence-electron chi connectivity index (χ2n) is 5.65. The predicted octanol–water partition coefficient (Wildman–Crippen LogP) is 1.83. The summed E-state index contributed by atoms with van der Waals surface area (Å²) in [5.74, 6) is 0.969. The predicted molar refractivity (Wildman–Crippen MR) is 76.7 cm³/mol. The molecule has 0 spiro atoms. The molecule has 1 fully saturated rings. The van der Waals surface area contributed by atoms with Crippen molar-refractivity contribution < 1.29 is 0 Å². The summed E-state index contributed by atoms with van der Waals surface area (Å²) < 4.78 is 2.00. The van der Waals surface area contributed by atoms with E-state index in [0.29, 0.717) is 12.1 Å². The van der Waals surface area contributed by atoms with Gasteiger partial charge in [0.15, 0.2) is 5.82 Å². The Kier molecular flexibility index (Phi) is 2.61. The zero-order chi connectivity index (χ0) is 13.5. The highest BCUT2D eigenvalue weighted by molar-refractivity contribution is 5.72. The second-order valence-corrected chi connectivity index (χ2v) is 5.65. The molecular weight excluding hydrogens is 252 g/mol. The number of anilines is 2. The maximum atomic E-state index is 4.22. The number of nitrogens with one attached hydrogen (secondary N) is 1. The third-order valence-electron chi connectivity index (χ3n) is 4.10. The van der Waals surface area contributed by atoms with Crippen LogP contribution < -0.4 is 10.2 Å². The van der Waals surface area contributed by atoms with E-state index in [4.69, 9.17) is 0 Å². The molecule has 20 heavy (non-hydrogen) atoms. The lowest BCUT2D eigenvalue weighted by atomic mass is 10.1. The number of hydrogen-bond donors (Lipinski definition) is 1. The van der Waals surface area contributed by atoms with Crippen LogP contribution in [0.3, 0.4) is 0 Å². The van der Waals surface area contributed by atoms with Crippen molar-refractivity contribution in [3.05, 3.63) is 30.1 Å². The molecule has 1 saturated carbocycles. The molecule has 1 aromatic carbocycles. The van der Waals surface area contributed by atoms with Crippen LogP contribution in [0.15, 0.2) is 24.3 Å². The van der Waals surface area contributed by atoms with Gasteiger partial charge in [0.1, 0.15) is 0 Å². The van der Waals surface area contributed by atoms with Crippen LogP contribution in [0.25, 0.3) is 0 Å². The van der Waals surface area contributed by atoms with E-state index in [1.807, 2.05) is 4.68 Å². The second kappa shape index (κ2) is 4.47. The lowest BCUT2D eigenvalue weighted by Crippen LogP contribution is -2.42. The van der Waals surface area contributed by atoms with Crippen LogP contribution >= 0.6 is 0 Å². The molecule has 1 aromatic heterocycles. The molecule has 2 aromatic rings. The molecule has 1 N–H and O–H groups in total. The van der Waals surface area contributed by atoms with Crippen LogP contribution in [0, 0.1) is 0 Å². The van der Waals surface area contributed by atoms with Gasteiger partial charge < -0.3 is 10.2 Å². The lowest BCUT2D eigenvalue weighted by molar-refractivity contribution is 0.554. The molecule has 0 saturated heterocycles. The van der Waals surface area contributed by atoms with E-state index < -0.39 is 0 Å². The van der Waals surface area contributed by atoms with Crippen molar-refractivity contribution in [3.63, 3.8) is 0 Å². The van der Waals surface area contributed by atoms with Gasteiger partial charge in [0.05, 0.1) is 24.0 Å². The Labute approximate surface area is 117 Å². The van der Waals surface area contributed by atoms with Gasteiger partial charge >= 0.3 is 0 Å². The molecule has 6 nitrogen and oxygen atoms in total. The summed E-state index contributed by atoms with van der Waals surface area (Å²) in [7, 11) is 0. The molecule has 2 aliphatic rings. The van der Waals surface area contributed by atoms with Crippen molar-refractivity contribution in [1.29, 1.82) is 0 Å². The van der Waals surface area contributed by atoms with Crippen LogP contribution in [-0.2, 0) is 6.54 Å². The average molecular weight is 270 g/mol. The largest absolute Gasteiger partial charge is 0.381 e. The summed E-state index contributed by atoms with van der Waals surface area (Å²) >= 11 is 0. The number of fused-ring (bicyclic) bond motifs is 1. The maximum Gasteiger partial charge on any atom is 0.170 e. The highest BCUT2D eigenvalue weighted by atomic mass is 15.6. The van der Waals surface area contributed by atoms with Crippen molar-refractivity contribution in [3.8, 4) is 0 Å². The minimum absolute atomic E-state index is 0.425. The molecule has 1 atom stereocenters. The molecule has 0 radical (unpaired) electrons. The molecule has 1 aliphatic heterocycles. The maximum absolute atomic E-state index is 4.22. The van der Waals surface area contributed by atoms with Crippen molar-refractivity contribution in [2.75, 3.05) is 16.8 Å². The molecule has 1 unspecified atom stereocenters. The van der Waals surface area contributed by atoms with Crippen LogP contribution in [0.1, 0.15) is 31.6 Å². The first-order valence-electron chi connectivity index (χ1n) is 7.19. The Morgan fingerprint density at radius 2 is 2.15 bits per heavy atom. The first-order valence-corrected chi connectivity index (χ1v) is 7.19. The first kappa shape index (κ1) is 11.7. The smallest absolute Gasteiger partial charge is 0.170 e. The summed E-state index contributed by atoms with van der Waals surface area (Å²) in [6.07, 6.45) is 2.40. The molecule has 0 bridgehead atoms. The molecule has 104 valence electrons. The van der Waals surface area contributed by atoms with Gasteiger partial charge in [-0.05, 0) is 42.3 Å². The summed E-state index contributed by atoms with van der Waals surface area (Å²) in [5, 5.41) is 15.7. The fourth-order valence-electron chi connectivity index (χ4n) is 2.79. The topological polar surface area (TPSA) is 58.9 Å². The van der Waals surface area contributed by atoms with E-state index in [0.717, 1.165) is 18.9 Å². The molecule has 0 amide bonds. The minimum atomic E-state index is 0.425. The Bertz CT molecular complexity index is 618. The van der Waals surface area contributed by atoms with Gasteiger partial charge in [-0.2, -0.15) is 0 Å². The third-order valence-corrected chi connectivity index (χ3v) is 4.10. The van der Waals surface area contributed by atoms with Crippen molar-refractivity contribution in [2.24, 2.45) is 0 Å². The van der Waals surface area contributed by atoms with E-state index >= 15 is 0 Å². The molecule has 4 rings (SSSR count). The van der Waals surface area contributed by atoms with E-state index in [1.54, 1.807) is 0 Å². The number of nitrogens with zero attached hydrogens (tertiary/aromatic N) is 5. The summed E-state index contributed by atoms with van der Waals surface area (Å²) in [4.78, 5) is 2.39. The zero-order valence-electron chi connectivity index (χ0n) is 11.5. The van der Waals surface area contributed by atoms with E-state index in [2.05, 4.69) is 56.9 Å². The molecule has 6 heteroatoms. The van der Waals surface area contributed by atoms with Crippen molar-refractivity contribution >= 4 is 11.4 Å². The fourth-order valence-corrected chi connectivity index (χ4v) is 2.79. The number of para-hydroxylation sites is 2. The zero-order valence-corrected chi connectivity index (χ0v) is 11.5. The van der Waals surface area contributed by atoms with E-state index in [-0.39, 0.29) is 0 Å². The normalized spacial score (nSPS) is 21.4. The van der Waals surface area contributed by atoms with Gasteiger partial charge in [0, 0.05) is 12.6 Å². The fraction of sp³-hybridized carbons (Fsp3) is 0.500. The monoisotopic (exact) mass is 270 g/mol. The van der Waals surface area contributed by atoms with Crippen molar-refractivity contribution in [2.45, 2.75) is 38.4 Å². The van der Waals surface area contributed by atoms with Gasteiger partial charge in [0.2, 0.25) is 0 Å². The van der Waals surface area contributed by atoms with Gasteiger partial charge in [-0.3, -0.25) is 0 Å². The molecule has 2 heterocycles. The summed E-state index contributed by atoms with van der Waals surface area (Å²) in [6.45, 7) is 3.94. The number of benzene rings is 1. The van der Waals surface area contributed by atoms with Gasteiger partial charge in [0.25, 0.3) is 0 Å². The van der Waals surface area contributed by atoms with Gasteiger partial charge in [-0.15, -0.1) is 5.10 Å². The Morgan fingerprint density at radius 3 is 3.00 bits per heavy atom. The lowest BCUT2D eigenvalue weighted by Gasteiger charge is -2.37. The highest BCUT2D eigenvalue weighted by Crippen LogP contribution is 2.36. The SMILES string of the molecule is CC1CNc2ccccc2N1Cc1nnnn1C1CC1. The third kappa shape index (κ3) is 1.92. The number of tetrazole rings is 1. The standard InChI is InChI=1S/C14H18N6/c1-10-8-15-12-4-2-3-5-13(12)19(10)9-14-16-17-18-20(14)11-6-7-11/h2-5,10-11,15H,6-9H2,1H3. The highest BCUT2D eigenvalue weighted by Gasteiger charge is 2.30. The number of hydrogen-bond acceptors (Lipinski definition) is 5. The van der Waals surface area contributed by atoms with E-state index in [1.165, 1.54) is 24.2 Å². The quantitative estimate of drug-likeness (QED) is 0.922. The van der Waals surface area contributed by atoms with Crippen LogP contribution in [-0.4, -0.2) is 32.8 Å². The number of rotatable bonds is 3. The Morgan fingerprint density at radius 1 is 1.30 bits per heavy atom. The van der Waals surface area contributed by atoms with Crippen LogP contribution in [0.2, 0.25) is 0 Å². The molecule has 1 aliphatic carbocycles. The first-order chi connectivity index (χ1) is 9.83. The summed E-state index contributed by atoms with van der Waals surface area (Å²) in [6, 6.07) is 9.37.